The van der Waals surface area contributed by atoms with Crippen molar-refractivity contribution in [3.8, 4) is 0 Å². The van der Waals surface area contributed by atoms with Crippen molar-refractivity contribution in [3.63, 3.8) is 0 Å². The van der Waals surface area contributed by atoms with Gasteiger partial charge in [0.15, 0.2) is 0 Å². The minimum atomic E-state index is 0.219. The number of halogens is 1. The summed E-state index contributed by atoms with van der Waals surface area (Å²) >= 11 is 6.04. The lowest BCUT2D eigenvalue weighted by atomic mass is 10.3. The molecule has 0 N–H and O–H groups in total. The van der Waals surface area contributed by atoms with Gasteiger partial charge >= 0.3 is 0 Å². The number of rotatable bonds is 4. The van der Waals surface area contributed by atoms with E-state index in [1.807, 2.05) is 6.20 Å². The molecular weight excluding hydrogens is 292 g/mol. The number of aryl methyl sites for hydroxylation is 1. The lowest BCUT2D eigenvalue weighted by Gasteiger charge is -2.26. The van der Waals surface area contributed by atoms with Crippen LogP contribution in [-0.4, -0.2) is 50.8 Å². The zero-order chi connectivity index (χ0) is 14.7. The van der Waals surface area contributed by atoms with Crippen LogP contribution in [0.1, 0.15) is 18.6 Å². The average molecular weight is 309 g/mol. The Morgan fingerprint density at radius 3 is 2.81 bits per heavy atom. The highest BCUT2D eigenvalue weighted by Gasteiger charge is 2.16. The Bertz CT molecular complexity index is 610. The van der Waals surface area contributed by atoms with E-state index in [4.69, 9.17) is 16.3 Å². The third-order valence-corrected chi connectivity index (χ3v) is 3.56. The smallest absolute Gasteiger partial charge is 0.230 e. The fourth-order valence-corrected chi connectivity index (χ4v) is 2.47. The Morgan fingerprint density at radius 2 is 2.05 bits per heavy atom. The van der Waals surface area contributed by atoms with E-state index in [0.717, 1.165) is 25.5 Å². The van der Waals surface area contributed by atoms with Crippen LogP contribution < -0.4 is 4.90 Å². The number of anilines is 1. The Labute approximate surface area is 128 Å². The molecule has 3 rings (SSSR count). The van der Waals surface area contributed by atoms with E-state index < -0.39 is 0 Å². The molecular formula is C13H17ClN6O. The van der Waals surface area contributed by atoms with Gasteiger partial charge in [0.25, 0.3) is 0 Å². The standard InChI is InChI=1S/C13H17ClN6O/c1-2-19-4-3-15-11(19)9-10-16-12(14)18-13(17-10)20-5-7-21-8-6-20/h3-4H,2,5-9H2,1H3. The van der Waals surface area contributed by atoms with Gasteiger partial charge in [-0.3, -0.25) is 0 Å². The summed E-state index contributed by atoms with van der Waals surface area (Å²) in [6, 6.07) is 0. The van der Waals surface area contributed by atoms with Crippen LogP contribution in [0.3, 0.4) is 0 Å². The average Bonchev–Trinajstić information content (AvgIpc) is 2.95. The second kappa shape index (κ2) is 6.36. The van der Waals surface area contributed by atoms with E-state index in [1.165, 1.54) is 0 Å². The molecule has 0 spiro atoms. The van der Waals surface area contributed by atoms with Crippen LogP contribution in [0.5, 0.6) is 0 Å². The van der Waals surface area contributed by atoms with Gasteiger partial charge in [0.1, 0.15) is 11.6 Å². The molecule has 8 heteroatoms. The highest BCUT2D eigenvalue weighted by atomic mass is 35.5. The van der Waals surface area contributed by atoms with Crippen molar-refractivity contribution in [3.05, 3.63) is 29.3 Å². The first-order valence-electron chi connectivity index (χ1n) is 6.99. The van der Waals surface area contributed by atoms with Gasteiger partial charge in [0.2, 0.25) is 11.2 Å². The van der Waals surface area contributed by atoms with E-state index in [2.05, 4.69) is 36.3 Å². The predicted molar refractivity (Wildman–Crippen MR) is 78.6 cm³/mol. The summed E-state index contributed by atoms with van der Waals surface area (Å²) in [5.41, 5.74) is 0. The molecule has 2 aromatic heterocycles. The molecule has 2 aromatic rings. The van der Waals surface area contributed by atoms with E-state index in [-0.39, 0.29) is 5.28 Å². The molecule has 21 heavy (non-hydrogen) atoms. The third kappa shape index (κ3) is 3.30. The van der Waals surface area contributed by atoms with Crippen LogP contribution in [0.15, 0.2) is 12.4 Å². The summed E-state index contributed by atoms with van der Waals surface area (Å²) in [5, 5.41) is 0.219. The number of imidazole rings is 1. The van der Waals surface area contributed by atoms with E-state index in [1.54, 1.807) is 6.20 Å². The third-order valence-electron chi connectivity index (χ3n) is 3.40. The molecule has 7 nitrogen and oxygen atoms in total. The van der Waals surface area contributed by atoms with Crippen LogP contribution in [-0.2, 0) is 17.7 Å². The number of ether oxygens (including phenoxy) is 1. The monoisotopic (exact) mass is 308 g/mol. The zero-order valence-electron chi connectivity index (χ0n) is 11.9. The zero-order valence-corrected chi connectivity index (χ0v) is 12.6. The van der Waals surface area contributed by atoms with Gasteiger partial charge < -0.3 is 14.2 Å². The van der Waals surface area contributed by atoms with E-state index >= 15 is 0 Å². The maximum absolute atomic E-state index is 6.04. The Morgan fingerprint density at radius 1 is 1.24 bits per heavy atom. The summed E-state index contributed by atoms with van der Waals surface area (Å²) in [4.78, 5) is 19.3. The fourth-order valence-electron chi connectivity index (χ4n) is 2.30. The lowest BCUT2D eigenvalue weighted by molar-refractivity contribution is 0.122. The minimum Gasteiger partial charge on any atom is -0.378 e. The van der Waals surface area contributed by atoms with Crippen molar-refractivity contribution in [2.45, 2.75) is 19.9 Å². The first-order chi connectivity index (χ1) is 10.3. The molecule has 0 aliphatic carbocycles. The van der Waals surface area contributed by atoms with Crippen LogP contribution in [0, 0.1) is 0 Å². The van der Waals surface area contributed by atoms with Gasteiger partial charge in [-0.05, 0) is 18.5 Å². The second-order valence-corrected chi connectivity index (χ2v) is 5.06. The Balaban J connectivity index is 1.83. The number of nitrogens with zero attached hydrogens (tertiary/aromatic N) is 6. The van der Waals surface area contributed by atoms with Crippen LogP contribution in [0.25, 0.3) is 0 Å². The second-order valence-electron chi connectivity index (χ2n) is 4.73. The fraction of sp³-hybridized carbons (Fsp3) is 0.538. The van der Waals surface area contributed by atoms with Crippen molar-refractivity contribution >= 4 is 17.5 Å². The van der Waals surface area contributed by atoms with Crippen molar-refractivity contribution in [1.82, 2.24) is 24.5 Å². The number of morpholine rings is 1. The van der Waals surface area contributed by atoms with Gasteiger partial charge in [-0.2, -0.15) is 9.97 Å². The summed E-state index contributed by atoms with van der Waals surface area (Å²) in [6.45, 7) is 5.83. The molecule has 1 aliphatic heterocycles. The van der Waals surface area contributed by atoms with Crippen LogP contribution >= 0.6 is 11.6 Å². The highest BCUT2D eigenvalue weighted by molar-refractivity contribution is 6.28. The van der Waals surface area contributed by atoms with Crippen molar-refractivity contribution < 1.29 is 4.74 Å². The normalized spacial score (nSPS) is 15.4. The van der Waals surface area contributed by atoms with Gasteiger partial charge in [0, 0.05) is 32.0 Å². The lowest BCUT2D eigenvalue weighted by Crippen LogP contribution is -2.37. The first kappa shape index (κ1) is 14.2. The topological polar surface area (TPSA) is 69.0 Å². The molecule has 0 bridgehead atoms. The van der Waals surface area contributed by atoms with Crippen LogP contribution in [0.2, 0.25) is 5.28 Å². The van der Waals surface area contributed by atoms with Crippen molar-refractivity contribution in [2.24, 2.45) is 0 Å². The molecule has 1 saturated heterocycles. The molecule has 3 heterocycles. The molecule has 1 fully saturated rings. The maximum atomic E-state index is 6.04. The molecule has 112 valence electrons. The van der Waals surface area contributed by atoms with Gasteiger partial charge in [-0.1, -0.05) is 0 Å². The number of aromatic nitrogens is 5. The first-order valence-corrected chi connectivity index (χ1v) is 7.37. The maximum Gasteiger partial charge on any atom is 0.230 e. The van der Waals surface area contributed by atoms with E-state index in [0.29, 0.717) is 31.4 Å². The molecule has 0 saturated carbocycles. The molecule has 0 amide bonds. The molecule has 0 unspecified atom stereocenters. The van der Waals surface area contributed by atoms with Gasteiger partial charge in [-0.25, -0.2) is 9.97 Å². The minimum absolute atomic E-state index is 0.219. The van der Waals surface area contributed by atoms with E-state index in [9.17, 15) is 0 Å². The Kier molecular flexibility index (Phi) is 4.31. The summed E-state index contributed by atoms with van der Waals surface area (Å²) in [5.74, 6) is 2.17. The Hall–Kier alpha value is -1.73. The quantitative estimate of drug-likeness (QED) is 0.844. The highest BCUT2D eigenvalue weighted by Crippen LogP contribution is 2.14. The summed E-state index contributed by atoms with van der Waals surface area (Å²) in [6.07, 6.45) is 4.27. The SMILES string of the molecule is CCn1ccnc1Cc1nc(Cl)nc(N2CCOCC2)n1. The number of hydrogen-bond donors (Lipinski definition) is 0. The summed E-state index contributed by atoms with van der Waals surface area (Å²) in [7, 11) is 0. The molecule has 0 atom stereocenters. The molecule has 0 aromatic carbocycles. The largest absolute Gasteiger partial charge is 0.378 e. The summed E-state index contributed by atoms with van der Waals surface area (Å²) < 4.78 is 7.40. The van der Waals surface area contributed by atoms with Crippen LogP contribution in [0.4, 0.5) is 5.95 Å². The predicted octanol–water partition coefficient (Wildman–Crippen LogP) is 1.17. The molecule has 0 radical (unpaired) electrons. The van der Waals surface area contributed by atoms with Crippen molar-refractivity contribution in [1.29, 1.82) is 0 Å². The van der Waals surface area contributed by atoms with Gasteiger partial charge in [0.05, 0.1) is 19.6 Å². The van der Waals surface area contributed by atoms with Gasteiger partial charge in [-0.15, -0.1) is 0 Å². The molecule has 1 aliphatic rings. The van der Waals surface area contributed by atoms with Crippen molar-refractivity contribution in [2.75, 3.05) is 31.2 Å². The number of hydrogen-bond acceptors (Lipinski definition) is 6.